The number of nitrogens with one attached hydrogen (secondary N) is 2. The lowest BCUT2D eigenvalue weighted by Crippen LogP contribution is -2.56. The molecule has 0 aromatic heterocycles. The molecule has 0 aromatic carbocycles. The highest BCUT2D eigenvalue weighted by Gasteiger charge is 2.49. The van der Waals surface area contributed by atoms with E-state index in [-0.39, 0.29) is 30.0 Å². The van der Waals surface area contributed by atoms with Crippen molar-refractivity contribution >= 4 is 5.91 Å². The fourth-order valence-corrected chi connectivity index (χ4v) is 4.30. The highest BCUT2D eigenvalue weighted by Crippen LogP contribution is 2.48. The fraction of sp³-hybridized carbons (Fsp3) is 0.929. The van der Waals surface area contributed by atoms with Crippen molar-refractivity contribution in [2.24, 2.45) is 17.8 Å². The normalized spacial score (nSPS) is 46.6. The second-order valence-electron chi connectivity index (χ2n) is 6.54. The Bertz CT molecular complexity index is 339. The van der Waals surface area contributed by atoms with Gasteiger partial charge in [0.25, 0.3) is 0 Å². The first-order valence-corrected chi connectivity index (χ1v) is 7.31. The largest absolute Gasteiger partial charge is 0.396 e. The summed E-state index contributed by atoms with van der Waals surface area (Å²) < 4.78 is 0. The lowest BCUT2D eigenvalue weighted by atomic mass is 9.84. The molecule has 0 radical (unpaired) electrons. The van der Waals surface area contributed by atoms with Crippen LogP contribution in [0.2, 0.25) is 0 Å². The average molecular weight is 252 g/mol. The van der Waals surface area contributed by atoms with Crippen LogP contribution in [0.25, 0.3) is 0 Å². The molecule has 2 saturated carbocycles. The van der Waals surface area contributed by atoms with Crippen molar-refractivity contribution in [2.45, 2.75) is 50.6 Å². The van der Waals surface area contributed by atoms with Crippen molar-refractivity contribution in [2.75, 3.05) is 13.2 Å². The molecule has 5 unspecified atom stereocenters. The van der Waals surface area contributed by atoms with Crippen molar-refractivity contribution in [3.05, 3.63) is 0 Å². The molecule has 4 nitrogen and oxygen atoms in total. The molecule has 18 heavy (non-hydrogen) atoms. The Kier molecular flexibility index (Phi) is 3.10. The van der Waals surface area contributed by atoms with Gasteiger partial charge in [-0.1, -0.05) is 0 Å². The van der Waals surface area contributed by atoms with Crippen LogP contribution in [0, 0.1) is 17.8 Å². The van der Waals surface area contributed by atoms with Crippen LogP contribution in [0.15, 0.2) is 0 Å². The summed E-state index contributed by atoms with van der Waals surface area (Å²) in [6.45, 7) is 3.15. The van der Waals surface area contributed by atoms with Crippen molar-refractivity contribution < 1.29 is 9.90 Å². The van der Waals surface area contributed by atoms with Crippen molar-refractivity contribution in [1.29, 1.82) is 0 Å². The SMILES string of the molecule is CC1(C(=O)NC2C3CCC(C3)C2CO)CCCN1. The predicted molar refractivity (Wildman–Crippen MR) is 69.0 cm³/mol. The van der Waals surface area contributed by atoms with Crippen LogP contribution in [-0.2, 0) is 4.79 Å². The summed E-state index contributed by atoms with van der Waals surface area (Å²) in [6, 6.07) is 0.209. The Labute approximate surface area is 109 Å². The van der Waals surface area contributed by atoms with Crippen molar-refractivity contribution in [3.63, 3.8) is 0 Å². The van der Waals surface area contributed by atoms with E-state index in [4.69, 9.17) is 0 Å². The number of hydrogen-bond acceptors (Lipinski definition) is 3. The van der Waals surface area contributed by atoms with Gasteiger partial charge >= 0.3 is 0 Å². The fourth-order valence-electron chi connectivity index (χ4n) is 4.30. The van der Waals surface area contributed by atoms with Gasteiger partial charge in [-0.3, -0.25) is 4.79 Å². The van der Waals surface area contributed by atoms with Gasteiger partial charge < -0.3 is 15.7 Å². The Hall–Kier alpha value is -0.610. The topological polar surface area (TPSA) is 61.4 Å². The molecule has 102 valence electrons. The third kappa shape index (κ3) is 1.86. The molecule has 2 aliphatic carbocycles. The molecule has 0 aromatic rings. The van der Waals surface area contributed by atoms with E-state index in [2.05, 4.69) is 10.6 Å². The van der Waals surface area contributed by atoms with Gasteiger partial charge in [0.1, 0.15) is 0 Å². The highest BCUT2D eigenvalue weighted by atomic mass is 16.3. The van der Waals surface area contributed by atoms with Crippen LogP contribution in [-0.4, -0.2) is 35.7 Å². The predicted octanol–water partition coefficient (Wildman–Crippen LogP) is 0.652. The van der Waals surface area contributed by atoms with Gasteiger partial charge in [-0.25, -0.2) is 0 Å². The third-order valence-electron chi connectivity index (χ3n) is 5.47. The van der Waals surface area contributed by atoms with Crippen LogP contribution in [0.4, 0.5) is 0 Å². The number of aliphatic hydroxyl groups is 1. The van der Waals surface area contributed by atoms with Crippen LogP contribution < -0.4 is 10.6 Å². The van der Waals surface area contributed by atoms with E-state index in [0.717, 1.165) is 19.4 Å². The third-order valence-corrected chi connectivity index (χ3v) is 5.47. The first-order valence-electron chi connectivity index (χ1n) is 7.31. The second-order valence-corrected chi connectivity index (χ2v) is 6.54. The van der Waals surface area contributed by atoms with E-state index < -0.39 is 0 Å². The first kappa shape index (κ1) is 12.4. The maximum atomic E-state index is 12.4. The first-order chi connectivity index (χ1) is 8.64. The molecule has 3 fully saturated rings. The lowest BCUT2D eigenvalue weighted by molar-refractivity contribution is -0.128. The van der Waals surface area contributed by atoms with E-state index in [9.17, 15) is 9.90 Å². The minimum absolute atomic E-state index is 0.135. The van der Waals surface area contributed by atoms with Gasteiger partial charge in [-0.15, -0.1) is 0 Å². The molecule has 4 heteroatoms. The zero-order valence-electron chi connectivity index (χ0n) is 11.1. The number of carbonyl (C=O) groups is 1. The van der Waals surface area contributed by atoms with E-state index in [1.807, 2.05) is 6.92 Å². The summed E-state index contributed by atoms with van der Waals surface area (Å²) in [5, 5.41) is 16.1. The summed E-state index contributed by atoms with van der Waals surface area (Å²) >= 11 is 0. The van der Waals surface area contributed by atoms with Crippen LogP contribution in [0.3, 0.4) is 0 Å². The Balaban J connectivity index is 1.67. The Morgan fingerprint density at radius 3 is 2.89 bits per heavy atom. The second kappa shape index (κ2) is 4.49. The summed E-state index contributed by atoms with van der Waals surface area (Å²) in [5.74, 6) is 1.66. The van der Waals surface area contributed by atoms with Gasteiger partial charge in [0.15, 0.2) is 0 Å². The quantitative estimate of drug-likeness (QED) is 0.691. The maximum absolute atomic E-state index is 12.4. The molecule has 1 heterocycles. The minimum Gasteiger partial charge on any atom is -0.396 e. The molecule has 3 aliphatic rings. The molecule has 2 bridgehead atoms. The Morgan fingerprint density at radius 1 is 1.44 bits per heavy atom. The van der Waals surface area contributed by atoms with E-state index in [0.29, 0.717) is 11.8 Å². The number of rotatable bonds is 3. The molecular weight excluding hydrogens is 228 g/mol. The molecule has 3 N–H and O–H groups in total. The van der Waals surface area contributed by atoms with Crippen LogP contribution in [0.1, 0.15) is 39.0 Å². The Morgan fingerprint density at radius 2 is 2.22 bits per heavy atom. The summed E-state index contributed by atoms with van der Waals surface area (Å²) in [5.41, 5.74) is -0.387. The molecule has 3 rings (SSSR count). The number of amides is 1. The zero-order valence-corrected chi connectivity index (χ0v) is 11.1. The molecule has 1 saturated heterocycles. The summed E-state index contributed by atoms with van der Waals surface area (Å²) in [4.78, 5) is 12.4. The molecule has 5 atom stereocenters. The van der Waals surface area contributed by atoms with Gasteiger partial charge in [-0.2, -0.15) is 0 Å². The smallest absolute Gasteiger partial charge is 0.240 e. The summed E-state index contributed by atoms with van der Waals surface area (Å²) in [7, 11) is 0. The number of fused-ring (bicyclic) bond motifs is 2. The molecular formula is C14H24N2O2. The zero-order chi connectivity index (χ0) is 12.8. The maximum Gasteiger partial charge on any atom is 0.240 e. The monoisotopic (exact) mass is 252 g/mol. The highest BCUT2D eigenvalue weighted by molar-refractivity contribution is 5.86. The van der Waals surface area contributed by atoms with Crippen molar-refractivity contribution in [1.82, 2.24) is 10.6 Å². The molecule has 1 aliphatic heterocycles. The number of aliphatic hydroxyl groups excluding tert-OH is 1. The lowest BCUT2D eigenvalue weighted by Gasteiger charge is -2.33. The molecule has 0 spiro atoms. The minimum atomic E-state index is -0.387. The van der Waals surface area contributed by atoms with Crippen LogP contribution in [0.5, 0.6) is 0 Å². The standard InChI is InChI=1S/C14H24N2O2/c1-14(5-2-6-15-14)13(18)16-12-10-4-3-9(7-10)11(12)8-17/h9-12,15,17H,2-8H2,1H3,(H,16,18). The summed E-state index contributed by atoms with van der Waals surface area (Å²) in [6.07, 6.45) is 5.64. The van der Waals surface area contributed by atoms with Crippen molar-refractivity contribution in [3.8, 4) is 0 Å². The van der Waals surface area contributed by atoms with E-state index >= 15 is 0 Å². The van der Waals surface area contributed by atoms with Gasteiger partial charge in [0.2, 0.25) is 5.91 Å². The molecule has 1 amide bonds. The average Bonchev–Trinajstić information content (AvgIpc) is 3.04. The number of carbonyl (C=O) groups excluding carboxylic acids is 1. The van der Waals surface area contributed by atoms with Crippen LogP contribution >= 0.6 is 0 Å². The van der Waals surface area contributed by atoms with Gasteiger partial charge in [0, 0.05) is 18.6 Å². The van der Waals surface area contributed by atoms with Gasteiger partial charge in [0.05, 0.1) is 5.54 Å². The van der Waals surface area contributed by atoms with E-state index in [1.54, 1.807) is 0 Å². The van der Waals surface area contributed by atoms with Gasteiger partial charge in [-0.05, 0) is 57.4 Å². The van der Waals surface area contributed by atoms with E-state index in [1.165, 1.54) is 19.3 Å². The number of hydrogen-bond donors (Lipinski definition) is 3.